The van der Waals surface area contributed by atoms with Crippen LogP contribution in [0.2, 0.25) is 0 Å². The molecule has 0 unspecified atom stereocenters. The largest absolute Gasteiger partial charge is 0.479 e. The second-order valence-corrected chi connectivity index (χ2v) is 5.31. The molecule has 1 N–H and O–H groups in total. The van der Waals surface area contributed by atoms with E-state index < -0.39 is 12.1 Å². The lowest BCUT2D eigenvalue weighted by atomic mass is 10.1. The van der Waals surface area contributed by atoms with Gasteiger partial charge in [-0.15, -0.1) is 0 Å². The molecule has 122 valence electrons. The zero-order chi connectivity index (χ0) is 16.5. The topological polar surface area (TPSA) is 55.8 Å². The van der Waals surface area contributed by atoms with Crippen molar-refractivity contribution >= 4 is 5.97 Å². The molecule has 0 spiro atoms. The molecule has 23 heavy (non-hydrogen) atoms. The lowest BCUT2D eigenvalue weighted by Crippen LogP contribution is -2.26. The van der Waals surface area contributed by atoms with Crippen molar-refractivity contribution < 1.29 is 19.4 Å². The molecule has 0 heterocycles. The van der Waals surface area contributed by atoms with E-state index in [2.05, 4.69) is 0 Å². The van der Waals surface area contributed by atoms with Gasteiger partial charge in [-0.05, 0) is 36.2 Å². The Labute approximate surface area is 136 Å². The van der Waals surface area contributed by atoms with E-state index in [0.717, 1.165) is 29.9 Å². The maximum Gasteiger partial charge on any atom is 0.333 e. The first-order valence-electron chi connectivity index (χ1n) is 7.85. The van der Waals surface area contributed by atoms with Gasteiger partial charge in [0, 0.05) is 13.0 Å². The minimum absolute atomic E-state index is 0.352. The summed E-state index contributed by atoms with van der Waals surface area (Å²) in [7, 11) is 0. The Morgan fingerprint density at radius 1 is 1.04 bits per heavy atom. The second-order valence-electron chi connectivity index (χ2n) is 5.31. The Morgan fingerprint density at radius 3 is 2.30 bits per heavy atom. The molecule has 4 nitrogen and oxygen atoms in total. The third-order valence-electron chi connectivity index (χ3n) is 3.42. The molecular weight excluding hydrogens is 292 g/mol. The van der Waals surface area contributed by atoms with Gasteiger partial charge in [-0.25, -0.2) is 4.79 Å². The Balaban J connectivity index is 1.94. The smallest absolute Gasteiger partial charge is 0.333 e. The summed E-state index contributed by atoms with van der Waals surface area (Å²) in [4.78, 5) is 11.3. The minimum Gasteiger partial charge on any atom is -0.479 e. The van der Waals surface area contributed by atoms with Gasteiger partial charge in [0.2, 0.25) is 0 Å². The first kappa shape index (κ1) is 17.0. The summed E-state index contributed by atoms with van der Waals surface area (Å²) in [6.07, 6.45) is 1.40. The summed E-state index contributed by atoms with van der Waals surface area (Å²) in [6, 6.07) is 16.9. The van der Waals surface area contributed by atoms with E-state index in [4.69, 9.17) is 9.47 Å². The van der Waals surface area contributed by atoms with Crippen molar-refractivity contribution in [3.63, 3.8) is 0 Å². The summed E-state index contributed by atoms with van der Waals surface area (Å²) < 4.78 is 11.2. The van der Waals surface area contributed by atoms with Crippen molar-refractivity contribution in [3.8, 4) is 11.5 Å². The molecule has 0 saturated heterocycles. The number of hydrogen-bond donors (Lipinski definition) is 1. The lowest BCUT2D eigenvalue weighted by Gasteiger charge is -2.14. The van der Waals surface area contributed by atoms with Gasteiger partial charge in [0.05, 0.1) is 0 Å². The molecule has 0 aliphatic rings. The third kappa shape index (κ3) is 5.75. The van der Waals surface area contributed by atoms with Crippen LogP contribution < -0.4 is 4.74 Å². The van der Waals surface area contributed by atoms with Gasteiger partial charge in [-0.1, -0.05) is 43.7 Å². The van der Waals surface area contributed by atoms with E-state index in [1.54, 1.807) is 0 Å². The standard InChI is InChI=1S/C19H22O4/c1-2-3-13-22-18(19(20)21)14-15-9-11-17(12-10-15)23-16-7-5-4-6-8-16/h4-12,18H,2-3,13-14H2,1H3,(H,20,21)/t18-/m0/s1. The number of para-hydroxylation sites is 1. The number of ether oxygens (including phenoxy) is 2. The minimum atomic E-state index is -0.925. The van der Waals surface area contributed by atoms with Gasteiger partial charge < -0.3 is 14.6 Å². The van der Waals surface area contributed by atoms with Crippen molar-refractivity contribution in [1.82, 2.24) is 0 Å². The van der Waals surface area contributed by atoms with Crippen LogP contribution in [0.4, 0.5) is 0 Å². The monoisotopic (exact) mass is 314 g/mol. The Hall–Kier alpha value is -2.33. The molecule has 2 rings (SSSR count). The van der Waals surface area contributed by atoms with Crippen molar-refractivity contribution in [2.75, 3.05) is 6.61 Å². The first-order chi connectivity index (χ1) is 11.2. The summed E-state index contributed by atoms with van der Waals surface area (Å²) in [5.41, 5.74) is 0.911. The molecule has 2 aromatic carbocycles. The van der Waals surface area contributed by atoms with Crippen LogP contribution in [0.1, 0.15) is 25.3 Å². The average molecular weight is 314 g/mol. The highest BCUT2D eigenvalue weighted by Gasteiger charge is 2.18. The highest BCUT2D eigenvalue weighted by molar-refractivity contribution is 5.72. The molecule has 0 saturated carbocycles. The van der Waals surface area contributed by atoms with Gasteiger partial charge in [0.15, 0.2) is 6.10 Å². The van der Waals surface area contributed by atoms with Crippen LogP contribution in [0.25, 0.3) is 0 Å². The average Bonchev–Trinajstić information content (AvgIpc) is 2.56. The van der Waals surface area contributed by atoms with Crippen LogP contribution in [0.15, 0.2) is 54.6 Å². The summed E-state index contributed by atoms with van der Waals surface area (Å²) >= 11 is 0. The maximum absolute atomic E-state index is 11.3. The van der Waals surface area contributed by atoms with Gasteiger partial charge in [0.1, 0.15) is 11.5 Å². The van der Waals surface area contributed by atoms with E-state index in [0.29, 0.717) is 13.0 Å². The van der Waals surface area contributed by atoms with E-state index in [-0.39, 0.29) is 0 Å². The molecule has 1 atom stereocenters. The van der Waals surface area contributed by atoms with Crippen LogP contribution in [0.3, 0.4) is 0 Å². The molecule has 0 amide bonds. The maximum atomic E-state index is 11.3. The summed E-state index contributed by atoms with van der Waals surface area (Å²) in [5.74, 6) is 0.566. The SMILES string of the molecule is CCCCO[C@@H](Cc1ccc(Oc2ccccc2)cc1)C(=O)O. The molecule has 0 fully saturated rings. The number of rotatable bonds is 9. The number of carboxylic acids is 1. The molecule has 0 bridgehead atoms. The number of hydrogen-bond acceptors (Lipinski definition) is 3. The Bertz CT molecular complexity index is 593. The fourth-order valence-electron chi connectivity index (χ4n) is 2.12. The van der Waals surface area contributed by atoms with Crippen molar-refractivity contribution in [1.29, 1.82) is 0 Å². The molecule has 4 heteroatoms. The van der Waals surface area contributed by atoms with Crippen molar-refractivity contribution in [3.05, 3.63) is 60.2 Å². The lowest BCUT2D eigenvalue weighted by molar-refractivity contribution is -0.150. The predicted molar refractivity (Wildman–Crippen MR) is 88.9 cm³/mol. The fraction of sp³-hybridized carbons (Fsp3) is 0.316. The highest BCUT2D eigenvalue weighted by Crippen LogP contribution is 2.21. The van der Waals surface area contributed by atoms with Crippen LogP contribution in [0.5, 0.6) is 11.5 Å². The molecular formula is C19H22O4. The van der Waals surface area contributed by atoms with E-state index in [1.807, 2.05) is 61.5 Å². The van der Waals surface area contributed by atoms with Crippen molar-refractivity contribution in [2.45, 2.75) is 32.3 Å². The van der Waals surface area contributed by atoms with Crippen LogP contribution in [0, 0.1) is 0 Å². The Morgan fingerprint density at radius 2 is 1.70 bits per heavy atom. The highest BCUT2D eigenvalue weighted by atomic mass is 16.5. The normalized spacial score (nSPS) is 11.9. The molecule has 0 radical (unpaired) electrons. The van der Waals surface area contributed by atoms with E-state index in [9.17, 15) is 9.90 Å². The molecule has 0 aliphatic carbocycles. The predicted octanol–water partition coefficient (Wildman–Crippen LogP) is 4.29. The fourth-order valence-corrected chi connectivity index (χ4v) is 2.12. The van der Waals surface area contributed by atoms with Crippen LogP contribution in [-0.4, -0.2) is 23.8 Å². The van der Waals surface area contributed by atoms with Crippen molar-refractivity contribution in [2.24, 2.45) is 0 Å². The van der Waals surface area contributed by atoms with Crippen LogP contribution >= 0.6 is 0 Å². The summed E-state index contributed by atoms with van der Waals surface area (Å²) in [6.45, 7) is 2.52. The molecule has 0 aromatic heterocycles. The number of unbranched alkanes of at least 4 members (excludes halogenated alkanes) is 1. The van der Waals surface area contributed by atoms with Gasteiger partial charge in [-0.2, -0.15) is 0 Å². The quantitative estimate of drug-likeness (QED) is 0.701. The van der Waals surface area contributed by atoms with Gasteiger partial charge in [0.25, 0.3) is 0 Å². The second kappa shape index (κ2) is 8.96. The van der Waals surface area contributed by atoms with Gasteiger partial charge >= 0.3 is 5.97 Å². The first-order valence-corrected chi connectivity index (χ1v) is 7.85. The third-order valence-corrected chi connectivity index (χ3v) is 3.42. The number of benzene rings is 2. The van der Waals surface area contributed by atoms with E-state index >= 15 is 0 Å². The molecule has 0 aliphatic heterocycles. The zero-order valence-corrected chi connectivity index (χ0v) is 13.3. The number of carboxylic acid groups (broad SMARTS) is 1. The van der Waals surface area contributed by atoms with E-state index in [1.165, 1.54) is 0 Å². The number of carbonyl (C=O) groups is 1. The summed E-state index contributed by atoms with van der Waals surface area (Å²) in [5, 5.41) is 9.23. The number of aliphatic carboxylic acids is 1. The van der Waals surface area contributed by atoms with Gasteiger partial charge in [-0.3, -0.25) is 0 Å². The zero-order valence-electron chi connectivity index (χ0n) is 13.3. The Kier molecular flexibility index (Phi) is 6.63. The van der Waals surface area contributed by atoms with Crippen LogP contribution in [-0.2, 0) is 16.0 Å². The molecule has 2 aromatic rings.